The van der Waals surface area contributed by atoms with Crippen LogP contribution in [0.1, 0.15) is 12.8 Å². The molecule has 0 saturated carbocycles. The Kier molecular flexibility index (Phi) is 3.69. The van der Waals surface area contributed by atoms with Crippen LogP contribution in [-0.4, -0.2) is 86.0 Å². The number of carbonyl (C=O) groups is 2. The standard InChI is InChI=1S/C14H23N3O3/c1-15-4-5-16(7-12(15)18)8-13(19)17-9-14(10-17)3-2-6-20-11-14/h2-11H2,1H3. The van der Waals surface area contributed by atoms with E-state index in [0.29, 0.717) is 19.6 Å². The van der Waals surface area contributed by atoms with Crippen molar-refractivity contribution >= 4 is 11.8 Å². The summed E-state index contributed by atoms with van der Waals surface area (Å²) in [4.78, 5) is 29.4. The molecule has 0 atom stereocenters. The first kappa shape index (κ1) is 13.8. The second-order valence-corrected chi connectivity index (χ2v) is 6.43. The van der Waals surface area contributed by atoms with Crippen molar-refractivity contribution in [1.82, 2.24) is 14.7 Å². The van der Waals surface area contributed by atoms with E-state index in [0.717, 1.165) is 39.3 Å². The van der Waals surface area contributed by atoms with E-state index in [1.165, 1.54) is 6.42 Å². The summed E-state index contributed by atoms with van der Waals surface area (Å²) in [6.45, 7) is 5.55. The molecule has 0 radical (unpaired) electrons. The van der Waals surface area contributed by atoms with Crippen molar-refractivity contribution in [1.29, 1.82) is 0 Å². The molecule has 0 aromatic heterocycles. The second kappa shape index (κ2) is 5.33. The van der Waals surface area contributed by atoms with E-state index in [4.69, 9.17) is 4.74 Å². The minimum absolute atomic E-state index is 0.102. The molecule has 0 aromatic carbocycles. The van der Waals surface area contributed by atoms with E-state index in [2.05, 4.69) is 0 Å². The predicted octanol–water partition coefficient (Wildman–Crippen LogP) is -0.601. The van der Waals surface area contributed by atoms with Crippen LogP contribution >= 0.6 is 0 Å². The summed E-state index contributed by atoms with van der Waals surface area (Å²) in [6.07, 6.45) is 2.28. The van der Waals surface area contributed by atoms with Gasteiger partial charge < -0.3 is 14.5 Å². The molecule has 0 N–H and O–H groups in total. The first-order valence-corrected chi connectivity index (χ1v) is 7.40. The molecular formula is C14H23N3O3. The summed E-state index contributed by atoms with van der Waals surface area (Å²) >= 11 is 0. The van der Waals surface area contributed by atoms with Crippen LogP contribution in [0.15, 0.2) is 0 Å². The highest BCUT2D eigenvalue weighted by atomic mass is 16.5. The Labute approximate surface area is 119 Å². The van der Waals surface area contributed by atoms with Gasteiger partial charge in [-0.05, 0) is 12.8 Å². The van der Waals surface area contributed by atoms with E-state index < -0.39 is 0 Å². The van der Waals surface area contributed by atoms with Crippen LogP contribution in [0.25, 0.3) is 0 Å². The quantitative estimate of drug-likeness (QED) is 0.678. The molecule has 6 nitrogen and oxygen atoms in total. The van der Waals surface area contributed by atoms with E-state index in [-0.39, 0.29) is 17.2 Å². The van der Waals surface area contributed by atoms with E-state index >= 15 is 0 Å². The summed E-state index contributed by atoms with van der Waals surface area (Å²) in [7, 11) is 1.81. The van der Waals surface area contributed by atoms with Gasteiger partial charge in [-0.25, -0.2) is 0 Å². The summed E-state index contributed by atoms with van der Waals surface area (Å²) in [5.74, 6) is 0.253. The predicted molar refractivity (Wildman–Crippen MR) is 73.1 cm³/mol. The van der Waals surface area contributed by atoms with Crippen LogP contribution in [0.4, 0.5) is 0 Å². The van der Waals surface area contributed by atoms with Crippen molar-refractivity contribution in [3.63, 3.8) is 0 Å². The Hall–Kier alpha value is -1.14. The maximum Gasteiger partial charge on any atom is 0.236 e. The maximum atomic E-state index is 12.2. The Morgan fingerprint density at radius 1 is 1.35 bits per heavy atom. The van der Waals surface area contributed by atoms with Crippen molar-refractivity contribution in [2.45, 2.75) is 12.8 Å². The number of piperazine rings is 1. The molecule has 1 spiro atoms. The lowest BCUT2D eigenvalue weighted by Gasteiger charge is -2.52. The van der Waals surface area contributed by atoms with Gasteiger partial charge in [-0.2, -0.15) is 0 Å². The second-order valence-electron chi connectivity index (χ2n) is 6.43. The van der Waals surface area contributed by atoms with Gasteiger partial charge in [-0.15, -0.1) is 0 Å². The fourth-order valence-electron chi connectivity index (χ4n) is 3.33. The minimum atomic E-state index is 0.102. The molecular weight excluding hydrogens is 258 g/mol. The van der Waals surface area contributed by atoms with Crippen LogP contribution in [-0.2, 0) is 14.3 Å². The first-order chi connectivity index (χ1) is 9.58. The van der Waals surface area contributed by atoms with E-state index in [9.17, 15) is 9.59 Å². The smallest absolute Gasteiger partial charge is 0.236 e. The molecule has 3 aliphatic rings. The molecule has 0 bridgehead atoms. The molecule has 3 rings (SSSR count). The summed E-state index contributed by atoms with van der Waals surface area (Å²) < 4.78 is 5.53. The molecule has 6 heteroatoms. The van der Waals surface area contributed by atoms with Gasteiger partial charge in [0.1, 0.15) is 0 Å². The Bertz CT molecular complexity index is 398. The van der Waals surface area contributed by atoms with Gasteiger partial charge in [0.25, 0.3) is 0 Å². The van der Waals surface area contributed by atoms with E-state index in [1.54, 1.807) is 4.90 Å². The number of nitrogens with zero attached hydrogens (tertiary/aromatic N) is 3. The number of amides is 2. The lowest BCUT2D eigenvalue weighted by molar-refractivity contribution is -0.155. The van der Waals surface area contributed by atoms with Gasteiger partial charge in [0.05, 0.1) is 19.7 Å². The zero-order valence-electron chi connectivity index (χ0n) is 12.1. The monoisotopic (exact) mass is 281 g/mol. The lowest BCUT2D eigenvalue weighted by atomic mass is 9.75. The van der Waals surface area contributed by atoms with Crippen molar-refractivity contribution < 1.29 is 14.3 Å². The number of rotatable bonds is 2. The highest BCUT2D eigenvalue weighted by molar-refractivity contribution is 5.82. The Morgan fingerprint density at radius 2 is 2.15 bits per heavy atom. The average Bonchev–Trinajstić information content (AvgIpc) is 2.41. The maximum absolute atomic E-state index is 12.2. The Balaban J connectivity index is 1.45. The largest absolute Gasteiger partial charge is 0.381 e. The average molecular weight is 281 g/mol. The topological polar surface area (TPSA) is 53.1 Å². The molecule has 3 fully saturated rings. The number of likely N-dealkylation sites (N-methyl/N-ethyl adjacent to an activating group) is 1. The SMILES string of the molecule is CN1CCN(CC(=O)N2CC3(CCCOC3)C2)CC1=O. The van der Waals surface area contributed by atoms with Crippen molar-refractivity contribution in [2.75, 3.05) is 59.5 Å². The van der Waals surface area contributed by atoms with Crippen molar-refractivity contribution in [3.05, 3.63) is 0 Å². The third-order valence-electron chi connectivity index (χ3n) is 4.70. The van der Waals surface area contributed by atoms with Crippen LogP contribution in [0.2, 0.25) is 0 Å². The Morgan fingerprint density at radius 3 is 2.80 bits per heavy atom. The van der Waals surface area contributed by atoms with Crippen molar-refractivity contribution in [2.24, 2.45) is 5.41 Å². The molecule has 112 valence electrons. The number of hydrogen-bond donors (Lipinski definition) is 0. The lowest BCUT2D eigenvalue weighted by Crippen LogP contribution is -2.63. The van der Waals surface area contributed by atoms with Crippen LogP contribution in [0.3, 0.4) is 0 Å². The highest BCUT2D eigenvalue weighted by Gasteiger charge is 2.46. The van der Waals surface area contributed by atoms with Crippen molar-refractivity contribution in [3.8, 4) is 0 Å². The molecule has 2 amide bonds. The number of hydrogen-bond acceptors (Lipinski definition) is 4. The van der Waals surface area contributed by atoms with Gasteiger partial charge in [0, 0.05) is 45.2 Å². The van der Waals surface area contributed by atoms with Crippen LogP contribution < -0.4 is 0 Å². The number of likely N-dealkylation sites (tertiary alicyclic amines) is 1. The fraction of sp³-hybridized carbons (Fsp3) is 0.857. The van der Waals surface area contributed by atoms with Crippen LogP contribution in [0, 0.1) is 5.41 Å². The summed E-state index contributed by atoms with van der Waals surface area (Å²) in [5.41, 5.74) is 0.228. The van der Waals surface area contributed by atoms with Gasteiger partial charge in [0.2, 0.25) is 11.8 Å². The molecule has 0 aromatic rings. The third kappa shape index (κ3) is 2.67. The normalized spacial score (nSPS) is 26.8. The minimum Gasteiger partial charge on any atom is -0.381 e. The summed E-state index contributed by atoms with van der Waals surface area (Å²) in [6, 6.07) is 0. The van der Waals surface area contributed by atoms with Gasteiger partial charge in [-0.1, -0.05) is 0 Å². The van der Waals surface area contributed by atoms with Gasteiger partial charge in [0.15, 0.2) is 0 Å². The number of ether oxygens (including phenoxy) is 1. The van der Waals surface area contributed by atoms with Crippen LogP contribution in [0.5, 0.6) is 0 Å². The van der Waals surface area contributed by atoms with Gasteiger partial charge in [-0.3, -0.25) is 14.5 Å². The van der Waals surface area contributed by atoms with E-state index in [1.807, 2.05) is 16.8 Å². The highest BCUT2D eigenvalue weighted by Crippen LogP contribution is 2.37. The van der Waals surface area contributed by atoms with Gasteiger partial charge >= 0.3 is 0 Å². The molecule has 3 heterocycles. The zero-order valence-corrected chi connectivity index (χ0v) is 12.1. The molecule has 3 saturated heterocycles. The first-order valence-electron chi connectivity index (χ1n) is 7.40. The molecule has 0 unspecified atom stereocenters. The number of carbonyl (C=O) groups excluding carboxylic acids is 2. The fourth-order valence-corrected chi connectivity index (χ4v) is 3.33. The summed E-state index contributed by atoms with van der Waals surface area (Å²) in [5, 5.41) is 0. The third-order valence-corrected chi connectivity index (χ3v) is 4.70. The zero-order chi connectivity index (χ0) is 14.2. The molecule has 20 heavy (non-hydrogen) atoms. The molecule has 0 aliphatic carbocycles. The molecule has 3 aliphatic heterocycles.